The zero-order valence-electron chi connectivity index (χ0n) is 17.7. The normalized spacial score (nSPS) is 16.8. The molecule has 0 aliphatic heterocycles. The Balaban J connectivity index is 0.000000408. The van der Waals surface area contributed by atoms with Crippen LogP contribution in [0.3, 0.4) is 0 Å². The van der Waals surface area contributed by atoms with E-state index in [0.717, 1.165) is 47.9 Å². The van der Waals surface area contributed by atoms with E-state index in [9.17, 15) is 13.6 Å². The molecule has 0 unspecified atom stereocenters. The maximum absolute atomic E-state index is 11.9. The van der Waals surface area contributed by atoms with Gasteiger partial charge in [0.05, 0.1) is 0 Å². The van der Waals surface area contributed by atoms with Crippen LogP contribution in [0.15, 0.2) is 48.5 Å². The van der Waals surface area contributed by atoms with E-state index in [-0.39, 0.29) is 0 Å². The molecule has 0 amide bonds. The Bertz CT molecular complexity index is 738. The van der Waals surface area contributed by atoms with Crippen LogP contribution in [0.2, 0.25) is 0 Å². The van der Waals surface area contributed by atoms with Gasteiger partial charge in [0, 0.05) is 17.7 Å². The zero-order chi connectivity index (χ0) is 22.9. The van der Waals surface area contributed by atoms with Gasteiger partial charge in [-0.1, -0.05) is 25.7 Å². The number of rotatable bonds is 2. The minimum Gasteiger partial charge on any atom is -0.399 e. The Morgan fingerprint density at radius 3 is 1.80 bits per heavy atom. The fourth-order valence-electron chi connectivity index (χ4n) is 2.95. The van der Waals surface area contributed by atoms with Crippen molar-refractivity contribution >= 4 is 18.3 Å². The number of nitrogen functional groups attached to an aromatic ring is 1. The first kappa shape index (κ1) is 27.0. The highest BCUT2D eigenvalue weighted by Crippen LogP contribution is 2.30. The number of hydrogen-bond donors (Lipinski definition) is 1. The third-order valence-corrected chi connectivity index (χ3v) is 4.59. The van der Waals surface area contributed by atoms with Crippen molar-refractivity contribution in [3.05, 3.63) is 65.7 Å². The van der Waals surface area contributed by atoms with Gasteiger partial charge in [0.2, 0.25) is 0 Å². The second-order valence-electron chi connectivity index (χ2n) is 7.23. The summed E-state index contributed by atoms with van der Waals surface area (Å²) >= 11 is 0. The van der Waals surface area contributed by atoms with Crippen molar-refractivity contribution in [1.29, 1.82) is 0 Å². The Hall–Kier alpha value is -3.00. The van der Waals surface area contributed by atoms with Crippen LogP contribution in [0, 0.1) is 35.8 Å². The van der Waals surface area contributed by atoms with Crippen molar-refractivity contribution in [3.63, 3.8) is 0 Å². The van der Waals surface area contributed by atoms with Crippen LogP contribution in [0.1, 0.15) is 51.5 Å². The van der Waals surface area contributed by atoms with E-state index in [1.54, 1.807) is 19.1 Å². The number of Topliss-reactive ketones (excluding diaryl/α,β-unsaturated/α-hetero) is 1. The topological polar surface area (TPSA) is 60.2 Å². The van der Waals surface area contributed by atoms with Gasteiger partial charge in [-0.2, -0.15) is 0 Å². The van der Waals surface area contributed by atoms with Gasteiger partial charge < -0.3 is 15.3 Å². The van der Waals surface area contributed by atoms with E-state index in [2.05, 4.69) is 12.8 Å². The van der Waals surface area contributed by atoms with Crippen LogP contribution in [-0.4, -0.2) is 12.6 Å². The molecule has 2 aromatic carbocycles. The van der Waals surface area contributed by atoms with Crippen LogP contribution in [-0.2, 0) is 9.59 Å². The molecule has 1 aliphatic rings. The molecule has 3 nitrogen and oxygen atoms in total. The summed E-state index contributed by atoms with van der Waals surface area (Å²) in [5.41, 5.74) is 7.02. The molecule has 2 aromatic rings. The minimum atomic E-state index is -0.411. The minimum absolute atomic E-state index is 0.365. The van der Waals surface area contributed by atoms with Crippen LogP contribution >= 0.6 is 0 Å². The summed E-state index contributed by atoms with van der Waals surface area (Å²) < 4.78 is 23.8. The third-order valence-electron chi connectivity index (χ3n) is 4.59. The standard InChI is InChI=1S/C10H18O.C8H7N.C6H4F2.CH2O/c1-8-3-5-10(6-4-8)7-9(2)11;1-2-7-3-5-8(9)6-4-7;7-5-1-2-6(8)4-3-5;1-2/h8,10H,3-7H2,1-2H3;1,3-6H,9H2;1-4H;1H2. The first-order valence-electron chi connectivity index (χ1n) is 9.81. The van der Waals surface area contributed by atoms with Gasteiger partial charge in [0.25, 0.3) is 0 Å². The Morgan fingerprint density at radius 2 is 1.43 bits per heavy atom. The first-order valence-corrected chi connectivity index (χ1v) is 9.81. The van der Waals surface area contributed by atoms with E-state index in [1.807, 2.05) is 18.9 Å². The number of terminal acetylenes is 1. The van der Waals surface area contributed by atoms with E-state index in [1.165, 1.54) is 25.7 Å². The van der Waals surface area contributed by atoms with Crippen molar-refractivity contribution in [3.8, 4) is 12.3 Å². The van der Waals surface area contributed by atoms with Crippen molar-refractivity contribution in [1.82, 2.24) is 0 Å². The maximum atomic E-state index is 11.9. The first-order chi connectivity index (χ1) is 14.3. The molecule has 0 atom stereocenters. The molecule has 1 aliphatic carbocycles. The number of ketones is 1. The summed E-state index contributed by atoms with van der Waals surface area (Å²) in [5, 5.41) is 0. The Kier molecular flexibility index (Phi) is 14.3. The third kappa shape index (κ3) is 13.2. The molecule has 2 N–H and O–H groups in total. The molecular formula is C25H31F2NO2. The lowest BCUT2D eigenvalue weighted by Crippen LogP contribution is -2.14. The van der Waals surface area contributed by atoms with Gasteiger partial charge in [0.1, 0.15) is 24.2 Å². The van der Waals surface area contributed by atoms with Crippen molar-refractivity contribution in [2.75, 3.05) is 5.73 Å². The average molecular weight is 416 g/mol. The number of hydrogen-bond acceptors (Lipinski definition) is 3. The number of anilines is 1. The lowest BCUT2D eigenvalue weighted by molar-refractivity contribution is -0.118. The molecule has 1 fully saturated rings. The highest BCUT2D eigenvalue weighted by molar-refractivity contribution is 5.75. The fraction of sp³-hybridized carbons (Fsp3) is 0.360. The molecule has 5 heteroatoms. The SMILES string of the molecule is C#Cc1ccc(N)cc1.C=O.CC(=O)CC1CCC(C)CC1.Fc1ccc(F)cc1. The molecule has 30 heavy (non-hydrogen) atoms. The summed E-state index contributed by atoms with van der Waals surface area (Å²) in [6.07, 6.45) is 11.2. The van der Waals surface area contributed by atoms with Crippen molar-refractivity contribution in [2.24, 2.45) is 11.8 Å². The Morgan fingerprint density at radius 1 is 1.00 bits per heavy atom. The maximum Gasteiger partial charge on any atom is 0.130 e. The fourth-order valence-corrected chi connectivity index (χ4v) is 2.95. The highest BCUT2D eigenvalue weighted by Gasteiger charge is 2.18. The van der Waals surface area contributed by atoms with Gasteiger partial charge in [-0.25, -0.2) is 8.78 Å². The second-order valence-corrected chi connectivity index (χ2v) is 7.23. The molecule has 0 spiro atoms. The smallest absolute Gasteiger partial charge is 0.130 e. The van der Waals surface area contributed by atoms with E-state index >= 15 is 0 Å². The van der Waals surface area contributed by atoms with Gasteiger partial charge in [-0.3, -0.25) is 0 Å². The van der Waals surface area contributed by atoms with Crippen LogP contribution in [0.25, 0.3) is 0 Å². The lowest BCUT2D eigenvalue weighted by Gasteiger charge is -2.25. The van der Waals surface area contributed by atoms with Gasteiger partial charge >= 0.3 is 0 Å². The summed E-state index contributed by atoms with van der Waals surface area (Å²) in [6, 6.07) is 11.5. The average Bonchev–Trinajstić information content (AvgIpc) is 2.75. The molecule has 0 aromatic heterocycles. The Labute approximate surface area is 178 Å². The monoisotopic (exact) mass is 415 g/mol. The number of carbonyl (C=O) groups is 2. The second kappa shape index (κ2) is 15.9. The number of nitrogens with two attached hydrogens (primary N) is 1. The van der Waals surface area contributed by atoms with Gasteiger partial charge in [-0.05, 0) is 80.1 Å². The number of carbonyl (C=O) groups excluding carboxylic acids is 2. The molecular weight excluding hydrogens is 384 g/mol. The summed E-state index contributed by atoms with van der Waals surface area (Å²) in [6.45, 7) is 6.02. The summed E-state index contributed by atoms with van der Waals surface area (Å²) in [5.74, 6) is 3.66. The largest absolute Gasteiger partial charge is 0.399 e. The van der Waals surface area contributed by atoms with Crippen LogP contribution < -0.4 is 5.73 Å². The lowest BCUT2D eigenvalue weighted by atomic mass is 9.81. The molecule has 0 bridgehead atoms. The quantitative estimate of drug-likeness (QED) is 0.496. The van der Waals surface area contributed by atoms with Gasteiger partial charge in [-0.15, -0.1) is 6.42 Å². The number of halogens is 2. The molecule has 0 heterocycles. The van der Waals surface area contributed by atoms with E-state index in [4.69, 9.17) is 17.0 Å². The summed E-state index contributed by atoms with van der Waals surface area (Å²) in [7, 11) is 0. The molecule has 0 radical (unpaired) electrons. The zero-order valence-corrected chi connectivity index (χ0v) is 17.7. The van der Waals surface area contributed by atoms with Crippen molar-refractivity contribution in [2.45, 2.75) is 46.0 Å². The number of benzene rings is 2. The van der Waals surface area contributed by atoms with Crippen LogP contribution in [0.4, 0.5) is 14.5 Å². The van der Waals surface area contributed by atoms with E-state index in [0.29, 0.717) is 11.7 Å². The van der Waals surface area contributed by atoms with Crippen molar-refractivity contribution < 1.29 is 18.4 Å². The highest BCUT2D eigenvalue weighted by atomic mass is 19.1. The molecule has 1 saturated carbocycles. The van der Waals surface area contributed by atoms with Gasteiger partial charge in [0.15, 0.2) is 0 Å². The van der Waals surface area contributed by atoms with Crippen LogP contribution in [0.5, 0.6) is 0 Å². The summed E-state index contributed by atoms with van der Waals surface area (Å²) in [4.78, 5) is 18.8. The molecule has 3 rings (SSSR count). The molecule has 0 saturated heterocycles. The molecule has 162 valence electrons. The predicted molar refractivity (Wildman–Crippen MR) is 119 cm³/mol. The predicted octanol–water partition coefficient (Wildman–Crippen LogP) is 5.82. The van der Waals surface area contributed by atoms with E-state index < -0.39 is 11.6 Å².